The van der Waals surface area contributed by atoms with E-state index in [0.29, 0.717) is 43.9 Å². The van der Waals surface area contributed by atoms with Crippen LogP contribution in [0.15, 0.2) is 48.8 Å². The van der Waals surface area contributed by atoms with Crippen molar-refractivity contribution in [2.45, 2.75) is 46.1 Å². The van der Waals surface area contributed by atoms with Crippen LogP contribution in [0.3, 0.4) is 0 Å². The van der Waals surface area contributed by atoms with Crippen LogP contribution in [0.2, 0.25) is 0 Å². The van der Waals surface area contributed by atoms with Gasteiger partial charge >= 0.3 is 6.03 Å². The molecule has 15 nitrogen and oxygen atoms in total. The molecule has 9 rings (SSSR count). The molecule has 0 bridgehead atoms. The van der Waals surface area contributed by atoms with Gasteiger partial charge in [-0.2, -0.15) is 0 Å². The number of nitrogens with zero attached hydrogens (tertiary/aromatic N) is 8. The highest BCUT2D eigenvalue weighted by Crippen LogP contribution is 2.38. The zero-order valence-corrected chi connectivity index (χ0v) is 33.7. The van der Waals surface area contributed by atoms with Crippen molar-refractivity contribution in [2.24, 2.45) is 5.92 Å². The van der Waals surface area contributed by atoms with Crippen molar-refractivity contribution in [2.75, 3.05) is 109 Å². The first-order valence-corrected chi connectivity index (χ1v) is 20.6. The number of hydrogen-bond acceptors (Lipinski definition) is 13. The molecule has 0 radical (unpaired) electrons. The number of ether oxygens (including phenoxy) is 2. The molecule has 2 aromatic carbocycles. The summed E-state index contributed by atoms with van der Waals surface area (Å²) < 4.78 is 11.7. The molecule has 5 aliphatic heterocycles. The Bertz CT molecular complexity index is 2180. The summed E-state index contributed by atoms with van der Waals surface area (Å²) in [5, 5.41) is 9.32. The van der Waals surface area contributed by atoms with Gasteiger partial charge in [-0.15, -0.1) is 0 Å². The van der Waals surface area contributed by atoms with Crippen molar-refractivity contribution in [3.8, 4) is 11.6 Å². The Labute approximate surface area is 339 Å². The van der Waals surface area contributed by atoms with Gasteiger partial charge in [0.2, 0.25) is 17.7 Å². The number of aryl methyl sites for hydroxylation is 1. The number of anilines is 7. The number of benzene rings is 2. The van der Waals surface area contributed by atoms with E-state index >= 15 is 0 Å². The first kappa shape index (κ1) is 37.7. The van der Waals surface area contributed by atoms with E-state index in [1.165, 1.54) is 11.3 Å². The lowest BCUT2D eigenvalue weighted by molar-refractivity contribution is -0.120. The lowest BCUT2D eigenvalue weighted by Gasteiger charge is -2.40. The van der Waals surface area contributed by atoms with Gasteiger partial charge in [0, 0.05) is 107 Å². The Hall–Kier alpha value is -5.83. The number of nitrogens with one attached hydrogen (secondary N) is 3. The predicted octanol–water partition coefficient (Wildman–Crippen LogP) is 5.09. The van der Waals surface area contributed by atoms with E-state index in [-0.39, 0.29) is 11.9 Å². The summed E-state index contributed by atoms with van der Waals surface area (Å²) in [6.07, 6.45) is 7.36. The predicted molar refractivity (Wildman–Crippen MR) is 226 cm³/mol. The number of pyridine rings is 1. The summed E-state index contributed by atoms with van der Waals surface area (Å²) in [6, 6.07) is 12.2. The number of urea groups is 1. The van der Waals surface area contributed by atoms with Gasteiger partial charge in [0.15, 0.2) is 0 Å². The molecule has 15 heteroatoms. The SMILES string of the molecule is COc1cc(Nc2ncc3c(n2)CN(c2cnc4c(c2C)NCCO4)CC3)ccc1N1CCC(CN2CCN(c3ccc(N4CCC(=O)NC4=O)c(C)c3)CC2)CC1. The lowest BCUT2D eigenvalue weighted by Crippen LogP contribution is -2.50. The van der Waals surface area contributed by atoms with Crippen LogP contribution in [0.4, 0.5) is 44.9 Å². The Kier molecular flexibility index (Phi) is 10.5. The van der Waals surface area contributed by atoms with Crippen LogP contribution in [-0.2, 0) is 17.8 Å². The van der Waals surface area contributed by atoms with Crippen LogP contribution in [-0.4, -0.2) is 111 Å². The molecule has 0 atom stereocenters. The topological polar surface area (TPSA) is 144 Å². The summed E-state index contributed by atoms with van der Waals surface area (Å²) in [5.74, 6) is 2.54. The molecule has 304 valence electrons. The van der Waals surface area contributed by atoms with E-state index < -0.39 is 0 Å². The second kappa shape index (κ2) is 16.2. The minimum atomic E-state index is -0.341. The molecular formula is C43H53N11O4. The number of methoxy groups -OCH3 is 1. The molecule has 7 heterocycles. The van der Waals surface area contributed by atoms with Crippen molar-refractivity contribution in [1.29, 1.82) is 0 Å². The van der Waals surface area contributed by atoms with Crippen LogP contribution in [0, 0.1) is 19.8 Å². The van der Waals surface area contributed by atoms with Crippen molar-refractivity contribution >= 4 is 52.0 Å². The fourth-order valence-corrected chi connectivity index (χ4v) is 9.09. The zero-order chi connectivity index (χ0) is 39.8. The van der Waals surface area contributed by atoms with Gasteiger partial charge in [0.1, 0.15) is 18.0 Å². The number of amides is 3. The van der Waals surface area contributed by atoms with E-state index in [0.717, 1.165) is 129 Å². The maximum absolute atomic E-state index is 12.4. The maximum atomic E-state index is 12.4. The van der Waals surface area contributed by atoms with Gasteiger partial charge in [0.25, 0.3) is 0 Å². The van der Waals surface area contributed by atoms with Crippen LogP contribution in [0.5, 0.6) is 11.6 Å². The van der Waals surface area contributed by atoms with Gasteiger partial charge in [-0.25, -0.2) is 19.7 Å². The summed E-state index contributed by atoms with van der Waals surface area (Å²) in [4.78, 5) is 49.7. The highest BCUT2D eigenvalue weighted by atomic mass is 16.5. The van der Waals surface area contributed by atoms with Gasteiger partial charge < -0.3 is 34.8 Å². The first-order valence-electron chi connectivity index (χ1n) is 20.6. The number of carbonyl (C=O) groups excluding carboxylic acids is 2. The molecule has 58 heavy (non-hydrogen) atoms. The highest BCUT2D eigenvalue weighted by molar-refractivity contribution is 6.06. The Morgan fingerprint density at radius 3 is 2.48 bits per heavy atom. The van der Waals surface area contributed by atoms with Crippen LogP contribution < -0.4 is 45.0 Å². The Balaban J connectivity index is 0.765. The molecule has 5 aliphatic rings. The lowest BCUT2D eigenvalue weighted by atomic mass is 9.95. The van der Waals surface area contributed by atoms with Gasteiger partial charge in [0.05, 0.1) is 36.9 Å². The van der Waals surface area contributed by atoms with Crippen LogP contribution in [0.25, 0.3) is 0 Å². The monoisotopic (exact) mass is 787 g/mol. The molecule has 0 aliphatic carbocycles. The molecule has 4 aromatic rings. The number of fused-ring (bicyclic) bond motifs is 2. The van der Waals surface area contributed by atoms with E-state index in [1.807, 2.05) is 25.4 Å². The van der Waals surface area contributed by atoms with Gasteiger partial charge in [-0.3, -0.25) is 19.9 Å². The number of aromatic nitrogens is 3. The minimum Gasteiger partial charge on any atom is -0.495 e. The second-order valence-electron chi connectivity index (χ2n) is 16.0. The van der Waals surface area contributed by atoms with Crippen molar-refractivity contribution in [3.05, 3.63) is 71.2 Å². The third kappa shape index (κ3) is 7.74. The van der Waals surface area contributed by atoms with Crippen molar-refractivity contribution < 1.29 is 19.1 Å². The van der Waals surface area contributed by atoms with Crippen molar-refractivity contribution in [3.63, 3.8) is 0 Å². The average molecular weight is 788 g/mol. The number of imide groups is 1. The Morgan fingerprint density at radius 1 is 0.862 bits per heavy atom. The summed E-state index contributed by atoms with van der Waals surface area (Å²) in [7, 11) is 1.74. The molecule has 3 saturated heterocycles. The molecule has 0 saturated carbocycles. The third-order valence-corrected chi connectivity index (χ3v) is 12.4. The molecule has 2 aromatic heterocycles. The molecule has 3 N–H and O–H groups in total. The standard InChI is InChI=1S/C43H53N11O4/c1-28-22-33(5-7-35(28)54-16-11-39(55)49-43(54)56)51-19-17-50(18-20-51)26-30-8-13-52(14-9-30)36-6-4-32(23-38(36)57-3)47-42-46-24-31-10-15-53(27-34(31)48-42)37-25-45-41-40(29(37)2)44-12-21-58-41/h4-7,22-25,30,44H,8-21,26-27H2,1-3H3,(H,46,47,48)(H,49,55,56). The summed E-state index contributed by atoms with van der Waals surface area (Å²) in [5.41, 5.74) is 10.5. The molecule has 0 spiro atoms. The first-order chi connectivity index (χ1) is 28.3. The van der Waals surface area contributed by atoms with Gasteiger partial charge in [-0.05, 0) is 80.5 Å². The largest absolute Gasteiger partial charge is 0.495 e. The van der Waals surface area contributed by atoms with Crippen LogP contribution >= 0.6 is 0 Å². The fraction of sp³-hybridized carbons (Fsp3) is 0.465. The number of carbonyl (C=O) groups is 2. The highest BCUT2D eigenvalue weighted by Gasteiger charge is 2.29. The zero-order valence-electron chi connectivity index (χ0n) is 33.7. The quantitative estimate of drug-likeness (QED) is 0.208. The summed E-state index contributed by atoms with van der Waals surface area (Å²) >= 11 is 0. The number of rotatable bonds is 9. The summed E-state index contributed by atoms with van der Waals surface area (Å²) in [6.45, 7) is 14.7. The number of hydrogen-bond donors (Lipinski definition) is 3. The number of piperazine rings is 1. The van der Waals surface area contributed by atoms with E-state index in [1.54, 1.807) is 12.0 Å². The fourth-order valence-electron chi connectivity index (χ4n) is 9.09. The number of piperidine rings is 1. The second-order valence-corrected chi connectivity index (χ2v) is 16.0. The average Bonchev–Trinajstić information content (AvgIpc) is 3.24. The van der Waals surface area contributed by atoms with E-state index in [2.05, 4.69) is 82.8 Å². The molecule has 3 amide bonds. The molecular weight excluding hydrogens is 735 g/mol. The molecule has 0 unspecified atom stereocenters. The smallest absolute Gasteiger partial charge is 0.328 e. The van der Waals surface area contributed by atoms with Crippen LogP contribution in [0.1, 0.15) is 41.6 Å². The van der Waals surface area contributed by atoms with E-state index in [4.69, 9.17) is 14.5 Å². The normalized spacial score (nSPS) is 18.9. The van der Waals surface area contributed by atoms with Gasteiger partial charge in [-0.1, -0.05) is 0 Å². The van der Waals surface area contributed by atoms with Crippen molar-refractivity contribution in [1.82, 2.24) is 25.2 Å². The minimum absolute atomic E-state index is 0.214. The molecule has 3 fully saturated rings. The maximum Gasteiger partial charge on any atom is 0.328 e. The third-order valence-electron chi connectivity index (χ3n) is 12.4. The Morgan fingerprint density at radius 2 is 1.69 bits per heavy atom. The van der Waals surface area contributed by atoms with E-state index in [9.17, 15) is 9.59 Å².